The Balaban J connectivity index is 2.42. The molecule has 4 N–H and O–H groups in total. The zero-order valence-electron chi connectivity index (χ0n) is 15.2. The van der Waals surface area contributed by atoms with E-state index in [1.165, 1.54) is 5.56 Å². The molecular weight excluding hydrogens is 306 g/mol. The van der Waals surface area contributed by atoms with Gasteiger partial charge in [-0.05, 0) is 42.5 Å². The molecule has 0 saturated carbocycles. The van der Waals surface area contributed by atoms with Crippen LogP contribution in [0.3, 0.4) is 0 Å². The van der Waals surface area contributed by atoms with Crippen LogP contribution in [-0.4, -0.2) is 44.3 Å². The summed E-state index contributed by atoms with van der Waals surface area (Å²) in [6, 6.07) is 4.10. The first-order valence-corrected chi connectivity index (χ1v) is 8.69. The molecule has 0 spiro atoms. The number of amides is 2. The van der Waals surface area contributed by atoms with Crippen LogP contribution in [0.2, 0.25) is 0 Å². The maximum absolute atomic E-state index is 12.6. The van der Waals surface area contributed by atoms with Crippen LogP contribution in [0.25, 0.3) is 0 Å². The molecule has 1 aromatic rings. The minimum absolute atomic E-state index is 0.00983. The van der Waals surface area contributed by atoms with Gasteiger partial charge in [0.1, 0.15) is 12.1 Å². The van der Waals surface area contributed by atoms with Crippen LogP contribution in [0.5, 0.6) is 11.5 Å². The van der Waals surface area contributed by atoms with Gasteiger partial charge in [-0.25, -0.2) is 4.79 Å². The molecule has 2 amide bonds. The average Bonchev–Trinajstić information content (AvgIpc) is 2.62. The van der Waals surface area contributed by atoms with Crippen LogP contribution < -0.4 is 20.5 Å². The molecule has 0 fully saturated rings. The summed E-state index contributed by atoms with van der Waals surface area (Å²) in [5.74, 6) is 1.43. The van der Waals surface area contributed by atoms with Gasteiger partial charge in [0.05, 0.1) is 14.2 Å². The van der Waals surface area contributed by atoms with Gasteiger partial charge in [0.25, 0.3) is 0 Å². The summed E-state index contributed by atoms with van der Waals surface area (Å²) in [4.78, 5) is 14.5. The maximum Gasteiger partial charge on any atom is 0.318 e. The van der Waals surface area contributed by atoms with Gasteiger partial charge in [-0.1, -0.05) is 13.8 Å². The second-order valence-corrected chi connectivity index (χ2v) is 6.19. The van der Waals surface area contributed by atoms with Crippen molar-refractivity contribution in [1.29, 1.82) is 0 Å². The predicted molar refractivity (Wildman–Crippen MR) is 93.4 cm³/mol. The summed E-state index contributed by atoms with van der Waals surface area (Å²) >= 11 is 0. The number of hydrogen-bond acceptors (Lipinski definition) is 3. The van der Waals surface area contributed by atoms with E-state index in [1.54, 1.807) is 14.2 Å². The molecule has 1 aliphatic rings. The third-order valence-electron chi connectivity index (χ3n) is 4.68. The molecule has 2 rings (SSSR count). The van der Waals surface area contributed by atoms with Crippen LogP contribution in [0.4, 0.5) is 4.79 Å². The Kier molecular flexibility index (Phi) is 6.31. The Morgan fingerprint density at radius 3 is 2.58 bits per heavy atom. The van der Waals surface area contributed by atoms with E-state index in [0.717, 1.165) is 30.6 Å². The molecule has 24 heavy (non-hydrogen) atoms. The lowest BCUT2D eigenvalue weighted by Crippen LogP contribution is -2.67. The lowest BCUT2D eigenvalue weighted by atomic mass is 9.87. The first kappa shape index (κ1) is 18.4. The van der Waals surface area contributed by atoms with Gasteiger partial charge in [0.15, 0.2) is 11.5 Å². The number of fused-ring (bicyclic) bond motifs is 1. The number of ether oxygens (including phenoxy) is 2. The van der Waals surface area contributed by atoms with Crippen molar-refractivity contribution in [3.8, 4) is 11.5 Å². The van der Waals surface area contributed by atoms with Crippen molar-refractivity contribution >= 4 is 6.03 Å². The summed E-state index contributed by atoms with van der Waals surface area (Å²) in [5, 5.41) is 3.00. The van der Waals surface area contributed by atoms with E-state index in [1.807, 2.05) is 17.0 Å². The Bertz CT molecular complexity index is 577. The van der Waals surface area contributed by atoms with Crippen LogP contribution in [0.1, 0.15) is 43.9 Å². The van der Waals surface area contributed by atoms with Crippen molar-refractivity contribution in [1.82, 2.24) is 10.2 Å². The number of rotatable bonds is 6. The highest BCUT2D eigenvalue weighted by Crippen LogP contribution is 2.39. The van der Waals surface area contributed by atoms with Crippen LogP contribution >= 0.6 is 0 Å². The number of nitrogens with one attached hydrogen (secondary N) is 1. The Morgan fingerprint density at radius 2 is 2.00 bits per heavy atom. The zero-order valence-corrected chi connectivity index (χ0v) is 15.2. The number of benzene rings is 1. The summed E-state index contributed by atoms with van der Waals surface area (Å²) in [6.07, 6.45) is 2.63. The third-order valence-corrected chi connectivity index (χ3v) is 4.68. The second kappa shape index (κ2) is 8.24. The van der Waals surface area contributed by atoms with E-state index in [9.17, 15) is 4.79 Å². The minimum atomic E-state index is -0.0459. The van der Waals surface area contributed by atoms with Crippen LogP contribution in [0.15, 0.2) is 12.1 Å². The summed E-state index contributed by atoms with van der Waals surface area (Å²) < 4.78 is 10.9. The average molecular weight is 336 g/mol. The molecule has 0 radical (unpaired) electrons. The highest BCUT2D eigenvalue weighted by Gasteiger charge is 2.37. The van der Waals surface area contributed by atoms with Crippen molar-refractivity contribution in [2.75, 3.05) is 27.3 Å². The number of nitrogens with zero attached hydrogens (tertiary/aromatic N) is 1. The largest absolute Gasteiger partial charge is 0.493 e. The molecule has 6 nitrogen and oxygen atoms in total. The molecule has 0 aliphatic carbocycles. The van der Waals surface area contributed by atoms with Crippen LogP contribution in [0, 0.1) is 0 Å². The second-order valence-electron chi connectivity index (χ2n) is 6.19. The summed E-state index contributed by atoms with van der Waals surface area (Å²) in [5.41, 5.74) is 6.62. The van der Waals surface area contributed by atoms with Crippen molar-refractivity contribution in [3.05, 3.63) is 23.3 Å². The number of carbonyl (C=O) groups is 1. The monoisotopic (exact) mass is 336 g/mol. The van der Waals surface area contributed by atoms with E-state index in [0.29, 0.717) is 18.8 Å². The van der Waals surface area contributed by atoms with Crippen molar-refractivity contribution in [3.63, 3.8) is 0 Å². The van der Waals surface area contributed by atoms with Gasteiger partial charge in [0, 0.05) is 13.1 Å². The number of carbonyl (C=O) groups excluding carboxylic acids is 1. The van der Waals surface area contributed by atoms with Crippen molar-refractivity contribution < 1.29 is 20.0 Å². The molecule has 0 bridgehead atoms. The first-order valence-electron chi connectivity index (χ1n) is 8.69. The smallest absolute Gasteiger partial charge is 0.318 e. The van der Waals surface area contributed by atoms with Gasteiger partial charge >= 0.3 is 6.03 Å². The minimum Gasteiger partial charge on any atom is -0.493 e. The van der Waals surface area contributed by atoms with Crippen LogP contribution in [-0.2, 0) is 6.42 Å². The standard InChI is InChI=1S/C18H29N3O3/c1-5-8-20-18(22)21-9-7-12-10-15(23-3)16(24-4)11-13(12)17(21)14(19)6-2/h10-11,14,17H,5-9,19H2,1-4H3,(H,20,22)/p+1/t14-,17-/m1/s1. The quantitative estimate of drug-likeness (QED) is 0.830. The Hall–Kier alpha value is -1.95. The number of hydrogen-bond donors (Lipinski definition) is 2. The SMILES string of the molecule is CCCNC(=O)N1CCc2cc(OC)c(OC)cc2[C@@H]1[C@H]([NH3+])CC. The number of methoxy groups -OCH3 is 2. The molecule has 134 valence electrons. The van der Waals surface area contributed by atoms with Crippen molar-refractivity contribution in [2.45, 2.75) is 45.2 Å². The van der Waals surface area contributed by atoms with E-state index < -0.39 is 0 Å². The van der Waals surface area contributed by atoms with Gasteiger partial charge in [-0.3, -0.25) is 0 Å². The Labute approximate surface area is 144 Å². The lowest BCUT2D eigenvalue weighted by molar-refractivity contribution is -0.433. The predicted octanol–water partition coefficient (Wildman–Crippen LogP) is 1.74. The molecule has 2 atom stereocenters. The van der Waals surface area contributed by atoms with E-state index in [-0.39, 0.29) is 18.1 Å². The highest BCUT2D eigenvalue weighted by atomic mass is 16.5. The fourth-order valence-corrected chi connectivity index (χ4v) is 3.27. The third kappa shape index (κ3) is 3.59. The van der Waals surface area contributed by atoms with E-state index in [4.69, 9.17) is 9.47 Å². The van der Waals surface area contributed by atoms with Gasteiger partial charge in [0.2, 0.25) is 0 Å². The molecule has 0 saturated heterocycles. The van der Waals surface area contributed by atoms with Gasteiger partial charge in [-0.15, -0.1) is 0 Å². The lowest BCUT2D eigenvalue weighted by Gasteiger charge is -2.39. The van der Waals surface area contributed by atoms with E-state index in [2.05, 4.69) is 24.9 Å². The fourth-order valence-electron chi connectivity index (χ4n) is 3.27. The highest BCUT2D eigenvalue weighted by molar-refractivity contribution is 5.75. The van der Waals surface area contributed by atoms with E-state index >= 15 is 0 Å². The fraction of sp³-hybridized carbons (Fsp3) is 0.611. The molecule has 6 heteroatoms. The van der Waals surface area contributed by atoms with Gasteiger partial charge in [-0.2, -0.15) is 0 Å². The molecule has 0 unspecified atom stereocenters. The Morgan fingerprint density at radius 1 is 1.33 bits per heavy atom. The molecular formula is C18H30N3O3+. The first-order chi connectivity index (χ1) is 11.6. The maximum atomic E-state index is 12.6. The molecule has 0 aromatic heterocycles. The topological polar surface area (TPSA) is 78.4 Å². The zero-order chi connectivity index (χ0) is 17.7. The van der Waals surface area contributed by atoms with Crippen molar-refractivity contribution in [2.24, 2.45) is 0 Å². The molecule has 1 heterocycles. The molecule has 1 aliphatic heterocycles. The number of urea groups is 1. The summed E-state index contributed by atoms with van der Waals surface area (Å²) in [7, 11) is 3.28. The van der Waals surface area contributed by atoms with Gasteiger partial charge < -0.3 is 25.4 Å². The number of quaternary nitrogens is 1. The normalized spacial score (nSPS) is 17.9. The molecule has 1 aromatic carbocycles. The summed E-state index contributed by atoms with van der Waals surface area (Å²) in [6.45, 7) is 5.54.